The fraction of sp³-hybridized carbons (Fsp3) is 0.429. The van der Waals surface area contributed by atoms with E-state index in [0.717, 1.165) is 11.3 Å². The molecule has 0 saturated carbocycles. The summed E-state index contributed by atoms with van der Waals surface area (Å²) >= 11 is 6.99. The van der Waals surface area contributed by atoms with E-state index in [2.05, 4.69) is 16.8 Å². The van der Waals surface area contributed by atoms with Gasteiger partial charge in [-0.3, -0.25) is 0 Å². The Hall–Kier alpha value is -0.480. The van der Waals surface area contributed by atoms with Gasteiger partial charge in [-0.15, -0.1) is 21.8 Å². The van der Waals surface area contributed by atoms with Crippen LogP contribution in [0.4, 0.5) is 0 Å². The molecule has 3 nitrogen and oxygen atoms in total. The minimum atomic E-state index is 0.472. The van der Waals surface area contributed by atoms with Gasteiger partial charge in [0.25, 0.3) is 5.22 Å². The molecule has 1 aromatic heterocycles. The number of hydrogen-bond donors (Lipinski definition) is 0. The first-order chi connectivity index (χ1) is 5.72. The first-order valence-corrected chi connectivity index (χ1v) is 4.90. The summed E-state index contributed by atoms with van der Waals surface area (Å²) in [6.07, 6.45) is 0. The van der Waals surface area contributed by atoms with Gasteiger partial charge in [-0.05, 0) is 0 Å². The zero-order chi connectivity index (χ0) is 8.97. The Morgan fingerprint density at radius 2 is 2.42 bits per heavy atom. The van der Waals surface area contributed by atoms with Crippen LogP contribution in [0.3, 0.4) is 0 Å². The van der Waals surface area contributed by atoms with E-state index in [-0.39, 0.29) is 0 Å². The minimum absolute atomic E-state index is 0.472. The molecule has 0 radical (unpaired) electrons. The molecule has 0 aliphatic carbocycles. The number of aryl methyl sites for hydroxylation is 1. The highest BCUT2D eigenvalue weighted by atomic mass is 35.5. The van der Waals surface area contributed by atoms with Crippen molar-refractivity contribution in [3.8, 4) is 0 Å². The predicted molar refractivity (Wildman–Crippen MR) is 49.6 cm³/mol. The standard InChI is InChI=1S/C7H9ClN2OS/c1-5(3-8)4-12-7-10-9-6(2)11-7/h1,3-4H2,2H3. The van der Waals surface area contributed by atoms with Gasteiger partial charge >= 0.3 is 0 Å². The first-order valence-electron chi connectivity index (χ1n) is 3.38. The predicted octanol–water partition coefficient (Wildman–Crippen LogP) is 2.27. The summed E-state index contributed by atoms with van der Waals surface area (Å²) in [4.78, 5) is 0. The van der Waals surface area contributed by atoms with E-state index in [1.54, 1.807) is 6.92 Å². The van der Waals surface area contributed by atoms with Crippen molar-refractivity contribution in [3.05, 3.63) is 18.0 Å². The summed E-state index contributed by atoms with van der Waals surface area (Å²) in [6.45, 7) is 5.51. The molecular weight excluding hydrogens is 196 g/mol. The van der Waals surface area contributed by atoms with Gasteiger partial charge in [0.15, 0.2) is 0 Å². The summed E-state index contributed by atoms with van der Waals surface area (Å²) in [7, 11) is 0. The zero-order valence-corrected chi connectivity index (χ0v) is 8.28. The van der Waals surface area contributed by atoms with Crippen LogP contribution in [-0.4, -0.2) is 21.8 Å². The van der Waals surface area contributed by atoms with E-state index in [1.165, 1.54) is 11.8 Å². The Morgan fingerprint density at radius 3 is 2.92 bits per heavy atom. The molecule has 1 heterocycles. The second-order valence-electron chi connectivity index (χ2n) is 2.26. The van der Waals surface area contributed by atoms with Crippen molar-refractivity contribution in [2.24, 2.45) is 0 Å². The largest absolute Gasteiger partial charge is 0.416 e. The quantitative estimate of drug-likeness (QED) is 0.429. The summed E-state index contributed by atoms with van der Waals surface area (Å²) in [5.41, 5.74) is 0.956. The van der Waals surface area contributed by atoms with Crippen molar-refractivity contribution >= 4 is 23.4 Å². The fourth-order valence-corrected chi connectivity index (χ4v) is 1.45. The number of aromatic nitrogens is 2. The molecule has 12 heavy (non-hydrogen) atoms. The summed E-state index contributed by atoms with van der Waals surface area (Å²) in [5, 5.41) is 8.07. The number of nitrogens with zero attached hydrogens (tertiary/aromatic N) is 2. The number of halogens is 1. The van der Waals surface area contributed by atoms with Gasteiger partial charge < -0.3 is 4.42 Å². The van der Waals surface area contributed by atoms with E-state index < -0.39 is 0 Å². The molecule has 0 fully saturated rings. The van der Waals surface area contributed by atoms with E-state index in [1.807, 2.05) is 0 Å². The van der Waals surface area contributed by atoms with Gasteiger partial charge in [-0.2, -0.15) is 0 Å². The lowest BCUT2D eigenvalue weighted by Gasteiger charge is -1.95. The molecule has 0 aromatic carbocycles. The maximum Gasteiger partial charge on any atom is 0.276 e. The number of hydrogen-bond acceptors (Lipinski definition) is 4. The third-order valence-electron chi connectivity index (χ3n) is 1.10. The molecule has 5 heteroatoms. The summed E-state index contributed by atoms with van der Waals surface area (Å²) < 4.78 is 5.13. The van der Waals surface area contributed by atoms with E-state index >= 15 is 0 Å². The van der Waals surface area contributed by atoms with E-state index in [4.69, 9.17) is 16.0 Å². The average Bonchev–Trinajstić information content (AvgIpc) is 2.47. The Labute approximate surface area is 80.2 Å². The van der Waals surface area contributed by atoms with Crippen molar-refractivity contribution in [3.63, 3.8) is 0 Å². The van der Waals surface area contributed by atoms with Crippen molar-refractivity contribution in [1.82, 2.24) is 10.2 Å². The van der Waals surface area contributed by atoms with E-state index in [0.29, 0.717) is 17.0 Å². The number of rotatable bonds is 4. The molecule has 0 bridgehead atoms. The fourth-order valence-electron chi connectivity index (χ4n) is 0.539. The normalized spacial score (nSPS) is 10.2. The lowest BCUT2D eigenvalue weighted by molar-refractivity contribution is 0.429. The minimum Gasteiger partial charge on any atom is -0.416 e. The molecule has 0 aliphatic heterocycles. The molecular formula is C7H9ClN2OS. The Bertz CT molecular complexity index is 274. The van der Waals surface area contributed by atoms with Gasteiger partial charge in [0.05, 0.1) is 0 Å². The van der Waals surface area contributed by atoms with Crippen LogP contribution in [0.5, 0.6) is 0 Å². The Balaban J connectivity index is 2.38. The lowest BCUT2D eigenvalue weighted by Crippen LogP contribution is -1.86. The molecule has 0 unspecified atom stereocenters. The molecule has 0 amide bonds. The van der Waals surface area contributed by atoms with E-state index in [9.17, 15) is 0 Å². The summed E-state index contributed by atoms with van der Waals surface area (Å²) in [6, 6.07) is 0. The zero-order valence-electron chi connectivity index (χ0n) is 6.71. The van der Waals surface area contributed by atoms with Gasteiger partial charge in [-0.25, -0.2) is 0 Å². The summed E-state index contributed by atoms with van der Waals surface area (Å²) in [5.74, 6) is 1.78. The van der Waals surface area contributed by atoms with Crippen LogP contribution in [0, 0.1) is 6.92 Å². The maximum atomic E-state index is 5.54. The third kappa shape index (κ3) is 2.87. The second-order valence-corrected chi connectivity index (χ2v) is 3.45. The van der Waals surface area contributed by atoms with Gasteiger partial charge in [-0.1, -0.05) is 23.9 Å². The van der Waals surface area contributed by atoms with Crippen LogP contribution in [0.1, 0.15) is 5.89 Å². The molecule has 0 saturated heterocycles. The highest BCUT2D eigenvalue weighted by molar-refractivity contribution is 7.99. The monoisotopic (exact) mass is 204 g/mol. The molecule has 1 rings (SSSR count). The van der Waals surface area contributed by atoms with Crippen LogP contribution >= 0.6 is 23.4 Å². The van der Waals surface area contributed by atoms with Crippen molar-refractivity contribution in [2.45, 2.75) is 12.1 Å². The maximum absolute atomic E-state index is 5.54. The third-order valence-corrected chi connectivity index (χ3v) is 2.44. The molecule has 0 aliphatic rings. The van der Waals surface area contributed by atoms with Crippen LogP contribution in [0.25, 0.3) is 0 Å². The first kappa shape index (κ1) is 9.61. The van der Waals surface area contributed by atoms with Gasteiger partial charge in [0.2, 0.25) is 5.89 Å². The van der Waals surface area contributed by atoms with Gasteiger partial charge in [0.1, 0.15) is 0 Å². The van der Waals surface area contributed by atoms with Crippen LogP contribution in [0.15, 0.2) is 21.8 Å². The average molecular weight is 205 g/mol. The van der Waals surface area contributed by atoms with Crippen LogP contribution in [0.2, 0.25) is 0 Å². The topological polar surface area (TPSA) is 38.9 Å². The molecule has 1 aromatic rings. The van der Waals surface area contributed by atoms with Crippen molar-refractivity contribution in [2.75, 3.05) is 11.6 Å². The van der Waals surface area contributed by atoms with Gasteiger partial charge in [0, 0.05) is 18.6 Å². The SMILES string of the molecule is C=C(CCl)CSc1nnc(C)o1. The number of alkyl halides is 1. The highest BCUT2D eigenvalue weighted by Crippen LogP contribution is 2.18. The molecule has 0 spiro atoms. The van der Waals surface area contributed by atoms with Crippen molar-refractivity contribution in [1.29, 1.82) is 0 Å². The Kier molecular flexibility index (Phi) is 3.62. The van der Waals surface area contributed by atoms with Crippen molar-refractivity contribution < 1.29 is 4.42 Å². The molecule has 0 N–H and O–H groups in total. The Morgan fingerprint density at radius 1 is 1.67 bits per heavy atom. The lowest BCUT2D eigenvalue weighted by atomic mass is 10.4. The number of thioether (sulfide) groups is 1. The van der Waals surface area contributed by atoms with Crippen LogP contribution in [-0.2, 0) is 0 Å². The smallest absolute Gasteiger partial charge is 0.276 e. The molecule has 0 atom stereocenters. The molecule has 66 valence electrons. The van der Waals surface area contributed by atoms with Crippen LogP contribution < -0.4 is 0 Å². The second kappa shape index (κ2) is 4.52. The highest BCUT2D eigenvalue weighted by Gasteiger charge is 2.02.